The molecular weight excluding hydrogens is 633 g/mol. The molecule has 3 heteroatoms. The van der Waals surface area contributed by atoms with Crippen molar-refractivity contribution in [3.8, 4) is 44.8 Å². The minimum absolute atomic E-state index is 0.858. The Bertz CT molecular complexity index is 2530. The van der Waals surface area contributed by atoms with Crippen LogP contribution < -0.4 is 9.64 Å². The van der Waals surface area contributed by atoms with Gasteiger partial charge in [0.2, 0.25) is 0 Å². The van der Waals surface area contributed by atoms with E-state index in [2.05, 4.69) is 204 Å². The first-order chi connectivity index (χ1) is 25.7. The first-order valence-electron chi connectivity index (χ1n) is 17.6. The second kappa shape index (κ2) is 13.5. The Morgan fingerprint density at radius 2 is 0.827 bits per heavy atom. The van der Waals surface area contributed by atoms with Crippen LogP contribution in [-0.4, -0.2) is 11.7 Å². The van der Waals surface area contributed by atoms with Crippen LogP contribution in [0, 0.1) is 0 Å². The number of nitrogens with zero attached hydrogens (tertiary/aromatic N) is 2. The van der Waals surface area contributed by atoms with E-state index in [0.717, 1.165) is 45.1 Å². The van der Waals surface area contributed by atoms with Gasteiger partial charge in [-0.05, 0) is 100 Å². The van der Waals surface area contributed by atoms with Crippen LogP contribution in [0.4, 0.5) is 17.1 Å². The highest BCUT2D eigenvalue weighted by molar-refractivity contribution is 6.12. The summed E-state index contributed by atoms with van der Waals surface area (Å²) in [6.07, 6.45) is 0. The Kier molecular flexibility index (Phi) is 8.07. The summed E-state index contributed by atoms with van der Waals surface area (Å²) in [5, 5.41) is 2.36. The smallest absolute Gasteiger partial charge is 0.143 e. The van der Waals surface area contributed by atoms with Crippen LogP contribution in [0.1, 0.15) is 0 Å². The molecule has 0 spiro atoms. The third kappa shape index (κ3) is 5.69. The van der Waals surface area contributed by atoms with E-state index >= 15 is 0 Å². The average molecular weight is 669 g/mol. The topological polar surface area (TPSA) is 17.4 Å². The molecule has 0 saturated carbocycles. The van der Waals surface area contributed by atoms with E-state index in [-0.39, 0.29) is 0 Å². The third-order valence-corrected chi connectivity index (χ3v) is 9.91. The van der Waals surface area contributed by atoms with Gasteiger partial charge in [0.15, 0.2) is 0 Å². The zero-order chi connectivity index (χ0) is 34.9. The number of anilines is 3. The predicted molar refractivity (Wildman–Crippen MR) is 218 cm³/mol. The minimum Gasteiger partial charge on any atom is -0.495 e. The van der Waals surface area contributed by atoms with E-state index in [0.29, 0.717) is 0 Å². The standard InChI is InChI=1S/C49H36N2O/c1-52-48-19-11-18-45-46-34-40(26-33-47(46)51(49(45)48)41-16-9-4-10-17-41)39-24-31-44(32-25-39)50(42-27-20-37(21-28-42)35-12-5-2-6-13-35)43-29-22-38(23-30-43)36-14-7-3-8-15-36/h2-34H,1H3. The molecule has 0 unspecified atom stereocenters. The van der Waals surface area contributed by atoms with Crippen LogP contribution in [0.5, 0.6) is 5.75 Å². The summed E-state index contributed by atoms with van der Waals surface area (Å²) in [7, 11) is 1.74. The third-order valence-electron chi connectivity index (χ3n) is 9.91. The summed E-state index contributed by atoms with van der Waals surface area (Å²) < 4.78 is 8.18. The summed E-state index contributed by atoms with van der Waals surface area (Å²) in [5.74, 6) is 0.858. The van der Waals surface area contributed by atoms with Crippen molar-refractivity contribution >= 4 is 38.9 Å². The van der Waals surface area contributed by atoms with Crippen molar-refractivity contribution in [2.45, 2.75) is 0 Å². The zero-order valence-electron chi connectivity index (χ0n) is 28.9. The van der Waals surface area contributed by atoms with Crippen LogP contribution in [0.3, 0.4) is 0 Å². The van der Waals surface area contributed by atoms with Gasteiger partial charge in [-0.1, -0.05) is 133 Å². The Balaban J connectivity index is 1.11. The van der Waals surface area contributed by atoms with Crippen LogP contribution in [0.25, 0.3) is 60.9 Å². The first kappa shape index (κ1) is 31.2. The molecule has 0 aliphatic heterocycles. The van der Waals surface area contributed by atoms with Gasteiger partial charge in [-0.25, -0.2) is 0 Å². The summed E-state index contributed by atoms with van der Waals surface area (Å²) in [4.78, 5) is 2.33. The summed E-state index contributed by atoms with van der Waals surface area (Å²) in [6.45, 7) is 0. The second-order valence-corrected chi connectivity index (χ2v) is 13.0. The Morgan fingerprint density at radius 1 is 0.385 bits per heavy atom. The summed E-state index contributed by atoms with van der Waals surface area (Å²) in [6, 6.07) is 71.3. The van der Waals surface area contributed by atoms with E-state index < -0.39 is 0 Å². The maximum absolute atomic E-state index is 5.88. The van der Waals surface area contributed by atoms with Crippen molar-refractivity contribution in [1.82, 2.24) is 4.57 Å². The van der Waals surface area contributed by atoms with Gasteiger partial charge in [0.05, 0.1) is 18.1 Å². The molecule has 0 amide bonds. The molecule has 3 nitrogen and oxygen atoms in total. The number of ether oxygens (including phenoxy) is 1. The lowest BCUT2D eigenvalue weighted by atomic mass is 10.0. The largest absolute Gasteiger partial charge is 0.495 e. The van der Waals surface area contributed by atoms with E-state index in [4.69, 9.17) is 4.74 Å². The number of methoxy groups -OCH3 is 1. The molecule has 9 aromatic rings. The molecule has 0 aliphatic carbocycles. The molecule has 52 heavy (non-hydrogen) atoms. The molecule has 0 fully saturated rings. The van der Waals surface area contributed by atoms with Crippen molar-refractivity contribution in [2.75, 3.05) is 12.0 Å². The monoisotopic (exact) mass is 668 g/mol. The van der Waals surface area contributed by atoms with Crippen molar-refractivity contribution < 1.29 is 4.74 Å². The number of hydrogen-bond donors (Lipinski definition) is 0. The number of rotatable bonds is 8. The van der Waals surface area contributed by atoms with Crippen molar-refractivity contribution in [2.24, 2.45) is 0 Å². The Labute approximate surface area is 304 Å². The molecule has 0 atom stereocenters. The van der Waals surface area contributed by atoms with Crippen molar-refractivity contribution in [3.05, 3.63) is 200 Å². The summed E-state index contributed by atoms with van der Waals surface area (Å²) in [5.41, 5.74) is 13.8. The van der Waals surface area contributed by atoms with Gasteiger partial charge in [-0.3, -0.25) is 0 Å². The SMILES string of the molecule is COc1cccc2c3cc(-c4ccc(N(c5ccc(-c6ccccc6)cc5)c5ccc(-c6ccccc6)cc5)cc4)ccc3n(-c3ccccc3)c12. The highest BCUT2D eigenvalue weighted by Gasteiger charge is 2.18. The number of hydrogen-bond acceptors (Lipinski definition) is 2. The van der Waals surface area contributed by atoms with E-state index in [1.807, 2.05) is 6.07 Å². The fourth-order valence-corrected chi connectivity index (χ4v) is 7.34. The van der Waals surface area contributed by atoms with E-state index in [9.17, 15) is 0 Å². The van der Waals surface area contributed by atoms with Gasteiger partial charge in [0.25, 0.3) is 0 Å². The molecule has 0 radical (unpaired) electrons. The minimum atomic E-state index is 0.858. The molecule has 0 aliphatic rings. The summed E-state index contributed by atoms with van der Waals surface area (Å²) >= 11 is 0. The van der Waals surface area contributed by atoms with Gasteiger partial charge in [0.1, 0.15) is 5.75 Å². The fraction of sp³-hybridized carbons (Fsp3) is 0.0204. The van der Waals surface area contributed by atoms with Gasteiger partial charge in [-0.15, -0.1) is 0 Å². The van der Waals surface area contributed by atoms with Crippen LogP contribution in [-0.2, 0) is 0 Å². The highest BCUT2D eigenvalue weighted by atomic mass is 16.5. The molecular formula is C49H36N2O. The normalized spacial score (nSPS) is 11.2. The lowest BCUT2D eigenvalue weighted by molar-refractivity contribution is 0.418. The fourth-order valence-electron chi connectivity index (χ4n) is 7.34. The molecule has 0 saturated heterocycles. The number of benzene rings is 8. The maximum atomic E-state index is 5.88. The molecule has 1 aromatic heterocycles. The molecule has 248 valence electrons. The molecule has 0 N–H and O–H groups in total. The van der Waals surface area contributed by atoms with Crippen LogP contribution in [0.15, 0.2) is 200 Å². The second-order valence-electron chi connectivity index (χ2n) is 13.0. The van der Waals surface area contributed by atoms with Gasteiger partial charge in [-0.2, -0.15) is 0 Å². The van der Waals surface area contributed by atoms with Gasteiger partial charge >= 0.3 is 0 Å². The van der Waals surface area contributed by atoms with Crippen molar-refractivity contribution in [1.29, 1.82) is 0 Å². The average Bonchev–Trinajstić information content (AvgIpc) is 3.57. The molecule has 8 aromatic carbocycles. The highest BCUT2D eigenvalue weighted by Crippen LogP contribution is 2.41. The van der Waals surface area contributed by atoms with Gasteiger partial charge in [0, 0.05) is 33.5 Å². The Morgan fingerprint density at radius 3 is 1.33 bits per heavy atom. The quantitative estimate of drug-likeness (QED) is 0.160. The van der Waals surface area contributed by atoms with E-state index in [1.54, 1.807) is 7.11 Å². The lowest BCUT2D eigenvalue weighted by Crippen LogP contribution is -2.09. The number of aromatic nitrogens is 1. The van der Waals surface area contributed by atoms with Crippen LogP contribution in [0.2, 0.25) is 0 Å². The van der Waals surface area contributed by atoms with Crippen LogP contribution >= 0.6 is 0 Å². The van der Waals surface area contributed by atoms with E-state index in [1.165, 1.54) is 38.6 Å². The number of fused-ring (bicyclic) bond motifs is 3. The zero-order valence-corrected chi connectivity index (χ0v) is 28.9. The number of para-hydroxylation sites is 2. The lowest BCUT2D eigenvalue weighted by Gasteiger charge is -2.26. The molecule has 9 rings (SSSR count). The maximum Gasteiger partial charge on any atom is 0.143 e. The molecule has 0 bridgehead atoms. The Hall–Kier alpha value is -6.84. The predicted octanol–water partition coefficient (Wildman–Crippen LogP) is 13.3. The van der Waals surface area contributed by atoms with Gasteiger partial charge < -0.3 is 14.2 Å². The first-order valence-corrected chi connectivity index (χ1v) is 17.6. The van der Waals surface area contributed by atoms with Crippen molar-refractivity contribution in [3.63, 3.8) is 0 Å². The molecule has 1 heterocycles.